The first kappa shape index (κ1) is 22.3. The maximum absolute atomic E-state index is 14.0. The maximum atomic E-state index is 14.0. The largest absolute Gasteiger partial charge is 0.463 e. The van der Waals surface area contributed by atoms with Crippen LogP contribution in [0.25, 0.3) is 5.57 Å². The SMILES string of the molecule is CCOC(=O)C1=C(C)N=c2s/c(=C3\C(=O)Nc4ccc(C)cc43)c(=O)n2[C@H]1c1ccc2c(c1)OCO2. The van der Waals surface area contributed by atoms with E-state index in [-0.39, 0.29) is 29.4 Å². The average molecular weight is 504 g/mol. The lowest BCUT2D eigenvalue weighted by Crippen LogP contribution is -2.40. The predicted octanol–water partition coefficient (Wildman–Crippen LogP) is 2.16. The Bertz CT molecular complexity index is 1700. The number of carbonyl (C=O) groups excluding carboxylic acids is 2. The highest BCUT2D eigenvalue weighted by atomic mass is 32.1. The van der Waals surface area contributed by atoms with E-state index in [4.69, 9.17) is 14.2 Å². The summed E-state index contributed by atoms with van der Waals surface area (Å²) in [5.41, 5.74) is 3.53. The first-order chi connectivity index (χ1) is 17.4. The minimum atomic E-state index is -0.814. The summed E-state index contributed by atoms with van der Waals surface area (Å²) in [7, 11) is 0. The Morgan fingerprint density at radius 1 is 1.17 bits per heavy atom. The van der Waals surface area contributed by atoms with Crippen LogP contribution in [-0.2, 0) is 14.3 Å². The number of anilines is 1. The molecule has 1 N–H and O–H groups in total. The van der Waals surface area contributed by atoms with Gasteiger partial charge in [-0.05, 0) is 50.6 Å². The van der Waals surface area contributed by atoms with Crippen LogP contribution in [0.2, 0.25) is 0 Å². The summed E-state index contributed by atoms with van der Waals surface area (Å²) >= 11 is 1.13. The molecule has 182 valence electrons. The van der Waals surface area contributed by atoms with Crippen molar-refractivity contribution in [3.05, 3.63) is 84.0 Å². The first-order valence-corrected chi connectivity index (χ1v) is 12.2. The van der Waals surface area contributed by atoms with Crippen LogP contribution in [0.5, 0.6) is 11.5 Å². The number of fused-ring (bicyclic) bond motifs is 3. The molecule has 0 radical (unpaired) electrons. The minimum absolute atomic E-state index is 0.0957. The first-order valence-electron chi connectivity index (χ1n) is 11.4. The van der Waals surface area contributed by atoms with Crippen LogP contribution in [-0.4, -0.2) is 29.8 Å². The van der Waals surface area contributed by atoms with E-state index < -0.39 is 17.6 Å². The zero-order valence-electron chi connectivity index (χ0n) is 19.7. The fraction of sp³-hybridized carbons (Fsp3) is 0.231. The third-order valence-electron chi connectivity index (χ3n) is 6.35. The van der Waals surface area contributed by atoms with Gasteiger partial charge in [0.25, 0.3) is 11.5 Å². The summed E-state index contributed by atoms with van der Waals surface area (Å²) in [5, 5.41) is 2.84. The number of nitrogens with one attached hydrogen (secondary N) is 1. The number of thiazole rings is 1. The van der Waals surface area contributed by atoms with Crippen molar-refractivity contribution in [2.45, 2.75) is 26.8 Å². The second kappa shape index (κ2) is 8.20. The molecule has 1 atom stereocenters. The standard InChI is InChI=1S/C26H21N3O6S/c1-4-33-25(32)19-13(3)27-26-29(21(19)14-6-8-17-18(10-14)35-11-34-17)24(31)22(36-26)20-15-9-12(2)5-7-16(15)28-23(20)30/h5-10,21H,4,11H2,1-3H3,(H,28,30)/b22-20-/t21-/m0/s1. The second-order valence-electron chi connectivity index (χ2n) is 8.61. The number of hydrogen-bond donors (Lipinski definition) is 1. The molecular formula is C26H21N3O6S. The van der Waals surface area contributed by atoms with Gasteiger partial charge in [-0.1, -0.05) is 29.0 Å². The minimum Gasteiger partial charge on any atom is -0.463 e. The number of amides is 1. The quantitative estimate of drug-likeness (QED) is 0.549. The fourth-order valence-electron chi connectivity index (χ4n) is 4.75. The maximum Gasteiger partial charge on any atom is 0.338 e. The van der Waals surface area contributed by atoms with Gasteiger partial charge in [0.15, 0.2) is 16.3 Å². The van der Waals surface area contributed by atoms with Crippen LogP contribution in [0, 0.1) is 6.92 Å². The van der Waals surface area contributed by atoms with E-state index in [9.17, 15) is 14.4 Å². The molecular weight excluding hydrogens is 482 g/mol. The summed E-state index contributed by atoms with van der Waals surface area (Å²) in [6, 6.07) is 10.1. The third kappa shape index (κ3) is 3.29. The molecule has 9 nitrogen and oxygen atoms in total. The highest BCUT2D eigenvalue weighted by Gasteiger charge is 2.36. The third-order valence-corrected chi connectivity index (χ3v) is 7.41. The zero-order chi connectivity index (χ0) is 25.1. The Morgan fingerprint density at radius 3 is 2.78 bits per heavy atom. The Balaban J connectivity index is 1.64. The molecule has 6 rings (SSSR count). The lowest BCUT2D eigenvalue weighted by Gasteiger charge is -2.24. The Kier molecular flexibility index (Phi) is 5.08. The summed E-state index contributed by atoms with van der Waals surface area (Å²) in [6.07, 6.45) is 0. The zero-order valence-corrected chi connectivity index (χ0v) is 20.5. The molecule has 0 aliphatic carbocycles. The van der Waals surface area contributed by atoms with Crippen molar-refractivity contribution in [1.82, 2.24) is 4.57 Å². The van der Waals surface area contributed by atoms with E-state index in [0.29, 0.717) is 44.4 Å². The molecule has 3 aliphatic heterocycles. The number of hydrogen-bond acceptors (Lipinski definition) is 8. The molecule has 1 aromatic heterocycles. The monoisotopic (exact) mass is 503 g/mol. The van der Waals surface area contributed by atoms with Crippen molar-refractivity contribution < 1.29 is 23.8 Å². The number of benzene rings is 2. The summed E-state index contributed by atoms with van der Waals surface area (Å²) in [6.45, 7) is 5.63. The van der Waals surface area contributed by atoms with Crippen molar-refractivity contribution in [2.75, 3.05) is 18.7 Å². The summed E-state index contributed by atoms with van der Waals surface area (Å²) < 4.78 is 18.1. The molecule has 0 bridgehead atoms. The predicted molar refractivity (Wildman–Crippen MR) is 132 cm³/mol. The molecule has 0 saturated heterocycles. The molecule has 36 heavy (non-hydrogen) atoms. The molecule has 3 aliphatic rings. The number of allylic oxidation sites excluding steroid dienone is 1. The van der Waals surface area contributed by atoms with E-state index in [1.54, 1.807) is 32.0 Å². The van der Waals surface area contributed by atoms with Crippen LogP contribution in [0.1, 0.15) is 36.6 Å². The van der Waals surface area contributed by atoms with Crippen molar-refractivity contribution in [2.24, 2.45) is 4.99 Å². The number of nitrogens with zero attached hydrogens (tertiary/aromatic N) is 2. The van der Waals surface area contributed by atoms with Crippen LogP contribution in [0.4, 0.5) is 5.69 Å². The van der Waals surface area contributed by atoms with Gasteiger partial charge >= 0.3 is 5.97 Å². The Hall–Kier alpha value is -4.18. The number of ether oxygens (including phenoxy) is 3. The lowest BCUT2D eigenvalue weighted by molar-refractivity contribution is -0.139. The highest BCUT2D eigenvalue weighted by Crippen LogP contribution is 2.38. The molecule has 0 fully saturated rings. The Morgan fingerprint density at radius 2 is 1.97 bits per heavy atom. The molecule has 1 amide bonds. The van der Waals surface area contributed by atoms with Crippen LogP contribution < -0.4 is 29.7 Å². The fourth-order valence-corrected chi connectivity index (χ4v) is 5.89. The second-order valence-corrected chi connectivity index (χ2v) is 9.59. The normalized spacial score (nSPS) is 19.0. The summed E-state index contributed by atoms with van der Waals surface area (Å²) in [4.78, 5) is 45.0. The Labute approximate surface area is 209 Å². The van der Waals surface area contributed by atoms with Crippen molar-refractivity contribution >= 4 is 34.5 Å². The van der Waals surface area contributed by atoms with Gasteiger partial charge in [0.05, 0.1) is 29.5 Å². The van der Waals surface area contributed by atoms with Gasteiger partial charge in [-0.3, -0.25) is 14.2 Å². The number of esters is 1. The van der Waals surface area contributed by atoms with E-state index in [1.807, 2.05) is 25.1 Å². The van der Waals surface area contributed by atoms with E-state index in [2.05, 4.69) is 10.3 Å². The lowest BCUT2D eigenvalue weighted by atomic mass is 9.95. The van der Waals surface area contributed by atoms with Crippen molar-refractivity contribution in [3.8, 4) is 11.5 Å². The van der Waals surface area contributed by atoms with Gasteiger partial charge in [-0.25, -0.2) is 9.79 Å². The molecule has 10 heteroatoms. The van der Waals surface area contributed by atoms with Crippen LogP contribution >= 0.6 is 11.3 Å². The number of carbonyl (C=O) groups is 2. The summed E-state index contributed by atoms with van der Waals surface area (Å²) in [5.74, 6) is 0.206. The van der Waals surface area contributed by atoms with Crippen molar-refractivity contribution in [3.63, 3.8) is 0 Å². The van der Waals surface area contributed by atoms with Crippen molar-refractivity contribution in [1.29, 1.82) is 0 Å². The smallest absolute Gasteiger partial charge is 0.338 e. The van der Waals surface area contributed by atoms with Gasteiger partial charge in [-0.15, -0.1) is 0 Å². The molecule has 0 spiro atoms. The molecule has 4 heterocycles. The van der Waals surface area contributed by atoms with Crippen LogP contribution in [0.3, 0.4) is 0 Å². The van der Waals surface area contributed by atoms with E-state index in [0.717, 1.165) is 16.9 Å². The molecule has 2 aromatic carbocycles. The van der Waals surface area contributed by atoms with E-state index >= 15 is 0 Å². The number of aromatic nitrogens is 1. The topological polar surface area (TPSA) is 108 Å². The number of aryl methyl sites for hydroxylation is 1. The van der Waals surface area contributed by atoms with Gasteiger partial charge in [0.2, 0.25) is 6.79 Å². The molecule has 0 saturated carbocycles. The van der Waals surface area contributed by atoms with Gasteiger partial charge in [0.1, 0.15) is 4.53 Å². The molecule has 0 unspecified atom stereocenters. The van der Waals surface area contributed by atoms with Gasteiger partial charge < -0.3 is 19.5 Å². The van der Waals surface area contributed by atoms with Gasteiger partial charge in [0, 0.05) is 11.3 Å². The van der Waals surface area contributed by atoms with Gasteiger partial charge in [-0.2, -0.15) is 0 Å². The van der Waals surface area contributed by atoms with E-state index in [1.165, 1.54) is 4.57 Å². The average Bonchev–Trinajstić information content (AvgIpc) is 3.52. The highest BCUT2D eigenvalue weighted by molar-refractivity contribution is 7.07. The van der Waals surface area contributed by atoms with Crippen LogP contribution in [0.15, 0.2) is 57.5 Å². The molecule has 3 aromatic rings. The number of rotatable bonds is 3.